The zero-order valence-corrected chi connectivity index (χ0v) is 13.8. The molecule has 1 amide bonds. The van der Waals surface area contributed by atoms with E-state index in [0.717, 1.165) is 24.4 Å². The van der Waals surface area contributed by atoms with Crippen LogP contribution in [0.3, 0.4) is 0 Å². The minimum Gasteiger partial charge on any atom is -0.496 e. The number of carbonyl (C=O) groups excluding carboxylic acids is 1. The molecule has 2 heterocycles. The Hall–Kier alpha value is -2.47. The number of carbonyl (C=O) groups is 1. The van der Waals surface area contributed by atoms with E-state index in [4.69, 9.17) is 4.74 Å². The van der Waals surface area contributed by atoms with Gasteiger partial charge >= 0.3 is 0 Å². The standard InChI is InChI=1S/C18H22N4O2/c1-24-17-7-3-2-6-14(17)16(22-10-4-5-11-22)13-21-18(23)15-12-19-8-9-20-15/h2-3,6-9,12,16H,4-5,10-11,13H2,1H3,(H,21,23)/t16-/m1/s1. The number of benzene rings is 1. The van der Waals surface area contributed by atoms with E-state index in [1.165, 1.54) is 25.2 Å². The summed E-state index contributed by atoms with van der Waals surface area (Å²) in [7, 11) is 1.68. The summed E-state index contributed by atoms with van der Waals surface area (Å²) in [5.74, 6) is 0.644. The zero-order valence-electron chi connectivity index (χ0n) is 13.8. The van der Waals surface area contributed by atoms with Crippen molar-refractivity contribution < 1.29 is 9.53 Å². The van der Waals surface area contributed by atoms with Gasteiger partial charge in [-0.1, -0.05) is 18.2 Å². The molecule has 0 saturated carbocycles. The summed E-state index contributed by atoms with van der Waals surface area (Å²) in [6.07, 6.45) is 6.92. The van der Waals surface area contributed by atoms with E-state index in [1.54, 1.807) is 13.3 Å². The number of aromatic nitrogens is 2. The van der Waals surface area contributed by atoms with Crippen LogP contribution in [-0.2, 0) is 0 Å². The maximum Gasteiger partial charge on any atom is 0.271 e. The highest BCUT2D eigenvalue weighted by Crippen LogP contribution is 2.31. The van der Waals surface area contributed by atoms with Gasteiger partial charge in [0, 0.05) is 24.5 Å². The van der Waals surface area contributed by atoms with Gasteiger partial charge in [-0.3, -0.25) is 14.7 Å². The molecule has 1 N–H and O–H groups in total. The number of methoxy groups -OCH3 is 1. The van der Waals surface area contributed by atoms with Crippen LogP contribution in [0.4, 0.5) is 0 Å². The van der Waals surface area contributed by atoms with Crippen LogP contribution >= 0.6 is 0 Å². The molecule has 1 atom stereocenters. The van der Waals surface area contributed by atoms with Gasteiger partial charge < -0.3 is 10.1 Å². The molecular weight excluding hydrogens is 304 g/mol. The van der Waals surface area contributed by atoms with Crippen molar-refractivity contribution in [3.63, 3.8) is 0 Å². The smallest absolute Gasteiger partial charge is 0.271 e. The lowest BCUT2D eigenvalue weighted by Crippen LogP contribution is -2.37. The highest BCUT2D eigenvalue weighted by atomic mass is 16.5. The summed E-state index contributed by atoms with van der Waals surface area (Å²) in [4.78, 5) is 22.7. The van der Waals surface area contributed by atoms with Crippen molar-refractivity contribution >= 4 is 5.91 Å². The lowest BCUT2D eigenvalue weighted by atomic mass is 10.0. The third-order valence-corrected chi connectivity index (χ3v) is 4.33. The van der Waals surface area contributed by atoms with Gasteiger partial charge in [-0.05, 0) is 32.0 Å². The number of likely N-dealkylation sites (tertiary alicyclic amines) is 1. The van der Waals surface area contributed by atoms with Crippen LogP contribution in [-0.4, -0.2) is 47.5 Å². The van der Waals surface area contributed by atoms with Crippen molar-refractivity contribution in [1.82, 2.24) is 20.2 Å². The first-order valence-corrected chi connectivity index (χ1v) is 8.21. The minimum atomic E-state index is -0.206. The highest BCUT2D eigenvalue weighted by molar-refractivity contribution is 5.91. The fraction of sp³-hybridized carbons (Fsp3) is 0.389. The SMILES string of the molecule is COc1ccccc1[C@@H](CNC(=O)c1cnccn1)N1CCCC1. The first kappa shape index (κ1) is 16.4. The molecular formula is C18H22N4O2. The fourth-order valence-electron chi connectivity index (χ4n) is 3.13. The van der Waals surface area contributed by atoms with E-state index in [1.807, 2.05) is 18.2 Å². The lowest BCUT2D eigenvalue weighted by molar-refractivity contribution is 0.0932. The lowest BCUT2D eigenvalue weighted by Gasteiger charge is -2.29. The van der Waals surface area contributed by atoms with Gasteiger partial charge in [0.1, 0.15) is 11.4 Å². The second-order valence-corrected chi connectivity index (χ2v) is 5.80. The summed E-state index contributed by atoms with van der Waals surface area (Å²) in [5, 5.41) is 2.99. The Bertz CT molecular complexity index is 672. The maximum absolute atomic E-state index is 12.3. The number of nitrogens with zero attached hydrogens (tertiary/aromatic N) is 3. The molecule has 1 aliphatic heterocycles. The number of nitrogens with one attached hydrogen (secondary N) is 1. The van der Waals surface area contributed by atoms with Crippen molar-refractivity contribution in [2.24, 2.45) is 0 Å². The number of hydrogen-bond acceptors (Lipinski definition) is 5. The van der Waals surface area contributed by atoms with Crippen molar-refractivity contribution in [2.75, 3.05) is 26.7 Å². The second kappa shape index (κ2) is 7.88. The Morgan fingerprint density at radius 2 is 2.08 bits per heavy atom. The van der Waals surface area contributed by atoms with Crippen LogP contribution in [0.1, 0.15) is 34.9 Å². The summed E-state index contributed by atoms with van der Waals surface area (Å²) < 4.78 is 5.52. The summed E-state index contributed by atoms with van der Waals surface area (Å²) in [5.41, 5.74) is 1.43. The van der Waals surface area contributed by atoms with Gasteiger partial charge in [-0.25, -0.2) is 4.98 Å². The largest absolute Gasteiger partial charge is 0.496 e. The molecule has 0 radical (unpaired) electrons. The van der Waals surface area contributed by atoms with E-state index in [-0.39, 0.29) is 11.9 Å². The highest BCUT2D eigenvalue weighted by Gasteiger charge is 2.26. The van der Waals surface area contributed by atoms with Gasteiger partial charge in [-0.2, -0.15) is 0 Å². The maximum atomic E-state index is 12.3. The molecule has 1 aliphatic rings. The molecule has 1 aromatic carbocycles. The molecule has 3 rings (SSSR count). The average Bonchev–Trinajstić information content (AvgIpc) is 3.17. The van der Waals surface area contributed by atoms with Crippen LogP contribution in [0.5, 0.6) is 5.75 Å². The number of ether oxygens (including phenoxy) is 1. The molecule has 2 aromatic rings. The summed E-state index contributed by atoms with van der Waals surface area (Å²) in [6, 6.07) is 8.08. The van der Waals surface area contributed by atoms with Gasteiger partial charge in [0.15, 0.2) is 0 Å². The number of hydrogen-bond donors (Lipinski definition) is 1. The Morgan fingerprint density at radius 1 is 1.29 bits per heavy atom. The quantitative estimate of drug-likeness (QED) is 0.880. The molecule has 6 heteroatoms. The second-order valence-electron chi connectivity index (χ2n) is 5.80. The average molecular weight is 326 g/mol. The molecule has 1 saturated heterocycles. The van der Waals surface area contributed by atoms with Crippen LogP contribution in [0.15, 0.2) is 42.9 Å². The van der Waals surface area contributed by atoms with Gasteiger partial charge in [-0.15, -0.1) is 0 Å². The summed E-state index contributed by atoms with van der Waals surface area (Å²) in [6.45, 7) is 2.57. The van der Waals surface area contributed by atoms with E-state index in [0.29, 0.717) is 12.2 Å². The van der Waals surface area contributed by atoms with Crippen molar-refractivity contribution in [3.8, 4) is 5.75 Å². The third-order valence-electron chi connectivity index (χ3n) is 4.33. The number of rotatable bonds is 6. The Morgan fingerprint density at radius 3 is 2.79 bits per heavy atom. The van der Waals surface area contributed by atoms with Crippen molar-refractivity contribution in [3.05, 3.63) is 54.1 Å². The molecule has 24 heavy (non-hydrogen) atoms. The van der Waals surface area contributed by atoms with E-state index in [9.17, 15) is 4.79 Å². The monoisotopic (exact) mass is 326 g/mol. The molecule has 6 nitrogen and oxygen atoms in total. The first-order valence-electron chi connectivity index (χ1n) is 8.21. The Balaban J connectivity index is 1.77. The molecule has 1 aromatic heterocycles. The van der Waals surface area contributed by atoms with Crippen molar-refractivity contribution in [2.45, 2.75) is 18.9 Å². The number of para-hydroxylation sites is 1. The van der Waals surface area contributed by atoms with Crippen LogP contribution in [0.2, 0.25) is 0 Å². The van der Waals surface area contributed by atoms with Gasteiger partial charge in [0.05, 0.1) is 19.3 Å². The Kier molecular flexibility index (Phi) is 5.38. The Labute approximate surface area is 141 Å². The van der Waals surface area contributed by atoms with Gasteiger partial charge in [0.2, 0.25) is 0 Å². The normalized spacial score (nSPS) is 15.9. The molecule has 0 aliphatic carbocycles. The zero-order chi connectivity index (χ0) is 16.8. The predicted molar refractivity (Wildman–Crippen MR) is 90.9 cm³/mol. The molecule has 0 bridgehead atoms. The van der Waals surface area contributed by atoms with Crippen LogP contribution in [0.25, 0.3) is 0 Å². The topological polar surface area (TPSA) is 67.3 Å². The first-order chi connectivity index (χ1) is 11.8. The number of amides is 1. The van der Waals surface area contributed by atoms with E-state index >= 15 is 0 Å². The predicted octanol–water partition coefficient (Wildman–Crippen LogP) is 2.05. The minimum absolute atomic E-state index is 0.0873. The van der Waals surface area contributed by atoms with E-state index < -0.39 is 0 Å². The van der Waals surface area contributed by atoms with Crippen molar-refractivity contribution in [1.29, 1.82) is 0 Å². The fourth-order valence-corrected chi connectivity index (χ4v) is 3.13. The van der Waals surface area contributed by atoms with Crippen LogP contribution in [0, 0.1) is 0 Å². The van der Waals surface area contributed by atoms with E-state index in [2.05, 4.69) is 26.3 Å². The third kappa shape index (κ3) is 3.71. The molecule has 1 fully saturated rings. The molecule has 126 valence electrons. The summed E-state index contributed by atoms with van der Waals surface area (Å²) >= 11 is 0. The molecule has 0 spiro atoms. The molecule has 0 unspecified atom stereocenters. The van der Waals surface area contributed by atoms with Gasteiger partial charge in [0.25, 0.3) is 5.91 Å². The van der Waals surface area contributed by atoms with Crippen LogP contribution < -0.4 is 10.1 Å².